The van der Waals surface area contributed by atoms with E-state index in [4.69, 9.17) is 14.2 Å². The topological polar surface area (TPSA) is 73.9 Å². The Morgan fingerprint density at radius 3 is 2.00 bits per heavy atom. The third kappa shape index (κ3) is 5.82. The van der Waals surface area contributed by atoms with Crippen LogP contribution in [0.4, 0.5) is 18.9 Å². The minimum Gasteiger partial charge on any atom is -0.493 e. The SMILES string of the molecule is COc1cc(/C=C\c2cccc(NS(=O)(=O)c3cccc(C(F)(F)F)c3)c2)cc(OC)c1OC. The lowest BCUT2D eigenvalue weighted by Gasteiger charge is -2.13. The van der Waals surface area contributed by atoms with Crippen molar-refractivity contribution in [2.75, 3.05) is 26.1 Å². The van der Waals surface area contributed by atoms with E-state index in [-0.39, 0.29) is 5.69 Å². The quantitative estimate of drug-likeness (QED) is 0.408. The Balaban J connectivity index is 1.85. The number of sulfonamides is 1. The number of methoxy groups -OCH3 is 3. The third-order valence-electron chi connectivity index (χ3n) is 4.77. The Morgan fingerprint density at radius 2 is 1.41 bits per heavy atom. The van der Waals surface area contributed by atoms with Crippen molar-refractivity contribution in [3.8, 4) is 17.2 Å². The molecule has 0 bridgehead atoms. The number of rotatable bonds is 8. The van der Waals surface area contributed by atoms with Gasteiger partial charge in [0.15, 0.2) is 11.5 Å². The zero-order valence-corrected chi connectivity index (χ0v) is 19.3. The number of hydrogen-bond acceptors (Lipinski definition) is 5. The summed E-state index contributed by atoms with van der Waals surface area (Å²) in [6.07, 6.45) is -1.14. The molecular formula is C24H22F3NO5S. The summed E-state index contributed by atoms with van der Waals surface area (Å²) in [5.41, 5.74) is 0.546. The van der Waals surface area contributed by atoms with E-state index >= 15 is 0 Å². The van der Waals surface area contributed by atoms with Crippen molar-refractivity contribution in [1.82, 2.24) is 0 Å². The first kappa shape index (κ1) is 25.0. The highest BCUT2D eigenvalue weighted by Gasteiger charge is 2.31. The van der Waals surface area contributed by atoms with Crippen LogP contribution in [0.15, 0.2) is 65.6 Å². The second-order valence-corrected chi connectivity index (χ2v) is 8.73. The molecule has 0 unspecified atom stereocenters. The molecule has 0 spiro atoms. The highest BCUT2D eigenvalue weighted by atomic mass is 32.2. The van der Waals surface area contributed by atoms with E-state index in [0.29, 0.717) is 28.9 Å². The van der Waals surface area contributed by atoms with E-state index in [9.17, 15) is 21.6 Å². The lowest BCUT2D eigenvalue weighted by atomic mass is 10.1. The van der Waals surface area contributed by atoms with Gasteiger partial charge in [-0.1, -0.05) is 30.4 Å². The van der Waals surface area contributed by atoms with Gasteiger partial charge in [0.2, 0.25) is 5.75 Å². The van der Waals surface area contributed by atoms with Crippen molar-refractivity contribution in [3.63, 3.8) is 0 Å². The van der Waals surface area contributed by atoms with Crippen molar-refractivity contribution in [3.05, 3.63) is 77.4 Å². The highest BCUT2D eigenvalue weighted by molar-refractivity contribution is 7.92. The number of anilines is 1. The molecule has 0 atom stereocenters. The molecule has 6 nitrogen and oxygen atoms in total. The van der Waals surface area contributed by atoms with Gasteiger partial charge in [-0.05, 0) is 53.6 Å². The second-order valence-electron chi connectivity index (χ2n) is 7.05. The van der Waals surface area contributed by atoms with Gasteiger partial charge in [-0.2, -0.15) is 13.2 Å². The second kappa shape index (κ2) is 10.1. The average Bonchev–Trinajstić information content (AvgIpc) is 2.81. The van der Waals surface area contributed by atoms with Gasteiger partial charge in [0, 0.05) is 5.69 Å². The lowest BCUT2D eigenvalue weighted by molar-refractivity contribution is -0.137. The zero-order chi connectivity index (χ0) is 24.9. The van der Waals surface area contributed by atoms with Crippen LogP contribution in [-0.4, -0.2) is 29.7 Å². The van der Waals surface area contributed by atoms with Crippen LogP contribution >= 0.6 is 0 Å². The molecule has 0 saturated heterocycles. The Kier molecular flexibility index (Phi) is 7.41. The summed E-state index contributed by atoms with van der Waals surface area (Å²) < 4.78 is 82.4. The molecule has 3 rings (SSSR count). The van der Waals surface area contributed by atoms with Gasteiger partial charge in [0.05, 0.1) is 31.8 Å². The summed E-state index contributed by atoms with van der Waals surface area (Å²) in [7, 11) is 0.285. The molecule has 0 amide bonds. The molecule has 3 aromatic rings. The van der Waals surface area contributed by atoms with Crippen molar-refractivity contribution in [1.29, 1.82) is 0 Å². The fourth-order valence-electron chi connectivity index (χ4n) is 3.15. The van der Waals surface area contributed by atoms with Gasteiger partial charge in [0.25, 0.3) is 10.0 Å². The largest absolute Gasteiger partial charge is 0.493 e. The monoisotopic (exact) mass is 493 g/mol. The Hall–Kier alpha value is -3.66. The molecule has 180 valence electrons. The van der Waals surface area contributed by atoms with Crippen LogP contribution in [0.25, 0.3) is 12.2 Å². The molecule has 0 aliphatic carbocycles. The first-order valence-corrected chi connectivity index (χ1v) is 11.3. The molecular weight excluding hydrogens is 471 g/mol. The fourth-order valence-corrected chi connectivity index (χ4v) is 4.24. The standard InChI is InChI=1S/C24H22F3NO5S/c1-31-21-13-17(14-22(32-2)23(21)33-3)11-10-16-6-4-8-19(12-16)28-34(29,30)20-9-5-7-18(15-20)24(25,26)27/h4-15,28H,1-3H3/b11-10-. The summed E-state index contributed by atoms with van der Waals surface area (Å²) in [6, 6.07) is 13.5. The van der Waals surface area contributed by atoms with E-state index in [1.165, 1.54) is 27.4 Å². The molecule has 34 heavy (non-hydrogen) atoms. The lowest BCUT2D eigenvalue weighted by Crippen LogP contribution is -2.14. The van der Waals surface area contributed by atoms with Crippen LogP contribution in [0.5, 0.6) is 17.2 Å². The predicted octanol–water partition coefficient (Wildman–Crippen LogP) is 5.70. The van der Waals surface area contributed by atoms with Gasteiger partial charge < -0.3 is 14.2 Å². The summed E-state index contributed by atoms with van der Waals surface area (Å²) in [6.45, 7) is 0. The van der Waals surface area contributed by atoms with E-state index in [0.717, 1.165) is 23.8 Å². The average molecular weight is 494 g/mol. The summed E-state index contributed by atoms with van der Waals surface area (Å²) in [5, 5.41) is 0. The Labute approximate surface area is 195 Å². The summed E-state index contributed by atoms with van der Waals surface area (Å²) in [5.74, 6) is 1.40. The molecule has 0 saturated carbocycles. The molecule has 0 radical (unpaired) electrons. The van der Waals surface area contributed by atoms with Crippen LogP contribution in [0.3, 0.4) is 0 Å². The van der Waals surface area contributed by atoms with Crippen LogP contribution in [0, 0.1) is 0 Å². The van der Waals surface area contributed by atoms with Gasteiger partial charge in [-0.25, -0.2) is 8.42 Å². The van der Waals surface area contributed by atoms with Crippen molar-refractivity contribution < 1.29 is 35.8 Å². The number of hydrogen-bond donors (Lipinski definition) is 1. The van der Waals surface area contributed by atoms with E-state index < -0.39 is 26.7 Å². The molecule has 0 heterocycles. The Morgan fingerprint density at radius 1 is 0.794 bits per heavy atom. The predicted molar refractivity (Wildman–Crippen MR) is 124 cm³/mol. The molecule has 0 fully saturated rings. The van der Waals surface area contributed by atoms with E-state index in [2.05, 4.69) is 4.72 Å². The summed E-state index contributed by atoms with van der Waals surface area (Å²) in [4.78, 5) is -0.485. The Bertz CT molecular complexity index is 1280. The van der Waals surface area contributed by atoms with Gasteiger partial charge in [-0.3, -0.25) is 4.72 Å². The summed E-state index contributed by atoms with van der Waals surface area (Å²) >= 11 is 0. The molecule has 10 heteroatoms. The van der Waals surface area contributed by atoms with Crippen LogP contribution in [0.2, 0.25) is 0 Å². The van der Waals surface area contributed by atoms with E-state index in [1.807, 2.05) is 0 Å². The first-order chi connectivity index (χ1) is 16.1. The molecule has 0 aliphatic heterocycles. The number of ether oxygens (including phenoxy) is 3. The first-order valence-electron chi connectivity index (χ1n) is 9.85. The van der Waals surface area contributed by atoms with Crippen molar-refractivity contribution >= 4 is 27.9 Å². The van der Waals surface area contributed by atoms with Gasteiger partial charge in [-0.15, -0.1) is 0 Å². The highest BCUT2D eigenvalue weighted by Crippen LogP contribution is 2.38. The maximum absolute atomic E-state index is 13.0. The molecule has 1 N–H and O–H groups in total. The normalized spacial score (nSPS) is 11.9. The number of halogens is 3. The van der Waals surface area contributed by atoms with Crippen molar-refractivity contribution in [2.45, 2.75) is 11.1 Å². The number of alkyl halides is 3. The fraction of sp³-hybridized carbons (Fsp3) is 0.167. The minimum absolute atomic E-state index is 0.199. The van der Waals surface area contributed by atoms with Crippen molar-refractivity contribution in [2.24, 2.45) is 0 Å². The maximum atomic E-state index is 13.0. The molecule has 0 aromatic heterocycles. The molecule has 0 aliphatic rings. The van der Waals surface area contributed by atoms with E-state index in [1.54, 1.807) is 42.5 Å². The van der Waals surface area contributed by atoms with Crippen LogP contribution in [-0.2, 0) is 16.2 Å². The number of benzene rings is 3. The van der Waals surface area contributed by atoms with Crippen LogP contribution < -0.4 is 18.9 Å². The smallest absolute Gasteiger partial charge is 0.416 e. The number of nitrogens with one attached hydrogen (secondary N) is 1. The van der Waals surface area contributed by atoms with Gasteiger partial charge in [0.1, 0.15) is 0 Å². The maximum Gasteiger partial charge on any atom is 0.416 e. The van der Waals surface area contributed by atoms with Crippen LogP contribution in [0.1, 0.15) is 16.7 Å². The zero-order valence-electron chi connectivity index (χ0n) is 18.5. The van der Waals surface area contributed by atoms with Gasteiger partial charge >= 0.3 is 6.18 Å². The third-order valence-corrected chi connectivity index (χ3v) is 6.14. The minimum atomic E-state index is -4.65. The molecule has 3 aromatic carbocycles.